The van der Waals surface area contributed by atoms with Crippen molar-refractivity contribution in [2.24, 2.45) is 5.92 Å². The molecule has 1 atom stereocenters. The average Bonchev–Trinajstić information content (AvgIpc) is 2.35. The van der Waals surface area contributed by atoms with E-state index in [1.165, 1.54) is 0 Å². The van der Waals surface area contributed by atoms with E-state index >= 15 is 0 Å². The normalized spacial score (nSPS) is 12.1. The molecule has 0 saturated heterocycles. The molecule has 1 rings (SSSR count). The Morgan fingerprint density at radius 3 is 3.00 bits per heavy atom. The van der Waals surface area contributed by atoms with Crippen molar-refractivity contribution in [2.45, 2.75) is 26.2 Å². The Morgan fingerprint density at radius 1 is 1.59 bits per heavy atom. The van der Waals surface area contributed by atoms with Crippen LogP contribution in [-0.4, -0.2) is 29.1 Å². The number of aliphatic hydroxyl groups excluding tert-OH is 1. The minimum Gasteiger partial charge on any atom is -0.396 e. The summed E-state index contributed by atoms with van der Waals surface area (Å²) in [5, 5.41) is 11.7. The highest BCUT2D eigenvalue weighted by atomic mass is 16.3. The van der Waals surface area contributed by atoms with E-state index in [2.05, 4.69) is 17.2 Å². The van der Waals surface area contributed by atoms with Crippen LogP contribution in [0.15, 0.2) is 24.5 Å². The summed E-state index contributed by atoms with van der Waals surface area (Å²) < 4.78 is 0. The summed E-state index contributed by atoms with van der Waals surface area (Å²) in [7, 11) is 0. The Kier molecular flexibility index (Phi) is 6.25. The Bertz CT molecular complexity index is 327. The predicted molar refractivity (Wildman–Crippen MR) is 66.4 cm³/mol. The molecule has 0 spiro atoms. The Morgan fingerprint density at radius 2 is 2.41 bits per heavy atom. The van der Waals surface area contributed by atoms with Crippen molar-refractivity contribution >= 4 is 5.91 Å². The molecule has 1 amide bonds. The van der Waals surface area contributed by atoms with E-state index in [1.807, 2.05) is 12.1 Å². The molecule has 0 saturated carbocycles. The van der Waals surface area contributed by atoms with Gasteiger partial charge in [-0.15, -0.1) is 0 Å². The van der Waals surface area contributed by atoms with Crippen LogP contribution in [0.1, 0.15) is 25.3 Å². The summed E-state index contributed by atoms with van der Waals surface area (Å²) in [5.74, 6) is 0.368. The van der Waals surface area contributed by atoms with Crippen molar-refractivity contribution < 1.29 is 9.90 Å². The third kappa shape index (κ3) is 5.45. The van der Waals surface area contributed by atoms with Crippen molar-refractivity contribution in [3.05, 3.63) is 30.1 Å². The molecule has 1 aromatic rings. The van der Waals surface area contributed by atoms with E-state index in [4.69, 9.17) is 5.11 Å². The summed E-state index contributed by atoms with van der Waals surface area (Å²) in [5.41, 5.74) is 0.917. The highest BCUT2D eigenvalue weighted by molar-refractivity contribution is 5.78. The second kappa shape index (κ2) is 7.79. The van der Waals surface area contributed by atoms with Crippen LogP contribution in [0.4, 0.5) is 0 Å². The van der Waals surface area contributed by atoms with Crippen LogP contribution in [0.5, 0.6) is 0 Å². The number of aliphatic hydroxyl groups is 1. The molecule has 1 aromatic heterocycles. The van der Waals surface area contributed by atoms with Crippen LogP contribution in [0, 0.1) is 5.92 Å². The number of hydrogen-bond donors (Lipinski definition) is 2. The van der Waals surface area contributed by atoms with Gasteiger partial charge in [-0.05, 0) is 24.0 Å². The third-order valence-electron chi connectivity index (χ3n) is 2.79. The maximum Gasteiger partial charge on any atom is 0.224 e. The van der Waals surface area contributed by atoms with E-state index in [0.717, 1.165) is 18.4 Å². The van der Waals surface area contributed by atoms with Crippen LogP contribution in [0.3, 0.4) is 0 Å². The summed E-state index contributed by atoms with van der Waals surface area (Å²) in [6.07, 6.45) is 5.46. The van der Waals surface area contributed by atoms with Gasteiger partial charge < -0.3 is 10.4 Å². The van der Waals surface area contributed by atoms with Gasteiger partial charge in [-0.25, -0.2) is 0 Å². The molecule has 2 N–H and O–H groups in total. The maximum absolute atomic E-state index is 11.6. The van der Waals surface area contributed by atoms with Crippen LogP contribution in [-0.2, 0) is 11.2 Å². The number of hydrogen-bond acceptors (Lipinski definition) is 3. The maximum atomic E-state index is 11.6. The fourth-order valence-corrected chi connectivity index (χ4v) is 1.64. The summed E-state index contributed by atoms with van der Waals surface area (Å²) >= 11 is 0. The second-order valence-electron chi connectivity index (χ2n) is 4.13. The standard InChI is InChI=1S/C13H20N2O2/c1-2-11(5-7-16)10-15-13(17)8-12-4-3-6-14-9-12/h3-4,6,9,11,16H,2,5,7-8,10H2,1H3,(H,15,17). The first kappa shape index (κ1) is 13.6. The monoisotopic (exact) mass is 236 g/mol. The smallest absolute Gasteiger partial charge is 0.224 e. The van der Waals surface area contributed by atoms with Gasteiger partial charge in [0.2, 0.25) is 5.91 Å². The van der Waals surface area contributed by atoms with Crippen LogP contribution >= 0.6 is 0 Å². The van der Waals surface area contributed by atoms with Crippen molar-refractivity contribution in [2.75, 3.05) is 13.2 Å². The predicted octanol–water partition coefficient (Wildman–Crippen LogP) is 1.15. The summed E-state index contributed by atoms with van der Waals surface area (Å²) in [6, 6.07) is 3.71. The third-order valence-corrected chi connectivity index (χ3v) is 2.79. The lowest BCUT2D eigenvalue weighted by molar-refractivity contribution is -0.120. The van der Waals surface area contributed by atoms with Crippen LogP contribution in [0.25, 0.3) is 0 Å². The molecule has 1 unspecified atom stereocenters. The molecule has 0 aliphatic rings. The van der Waals surface area contributed by atoms with E-state index < -0.39 is 0 Å². The Labute approximate surface area is 102 Å². The zero-order valence-corrected chi connectivity index (χ0v) is 10.2. The molecular formula is C13H20N2O2. The number of carbonyl (C=O) groups excluding carboxylic acids is 1. The molecule has 0 bridgehead atoms. The number of rotatable bonds is 7. The van der Waals surface area contributed by atoms with Gasteiger partial charge in [0.05, 0.1) is 6.42 Å². The zero-order chi connectivity index (χ0) is 12.5. The van der Waals surface area contributed by atoms with Gasteiger partial charge >= 0.3 is 0 Å². The summed E-state index contributed by atoms with van der Waals surface area (Å²) in [6.45, 7) is 2.88. The van der Waals surface area contributed by atoms with E-state index in [0.29, 0.717) is 18.9 Å². The molecule has 0 radical (unpaired) electrons. The molecule has 17 heavy (non-hydrogen) atoms. The lowest BCUT2D eigenvalue weighted by Gasteiger charge is -2.14. The number of nitrogens with one attached hydrogen (secondary N) is 1. The molecule has 0 fully saturated rings. The van der Waals surface area contributed by atoms with E-state index in [-0.39, 0.29) is 12.5 Å². The minimum atomic E-state index is 0.00869. The molecule has 0 aromatic carbocycles. The number of aromatic nitrogens is 1. The minimum absolute atomic E-state index is 0.00869. The number of carbonyl (C=O) groups is 1. The molecular weight excluding hydrogens is 216 g/mol. The van der Waals surface area contributed by atoms with Gasteiger partial charge in [-0.2, -0.15) is 0 Å². The van der Waals surface area contributed by atoms with Crippen LogP contribution in [0.2, 0.25) is 0 Å². The summed E-state index contributed by atoms with van der Waals surface area (Å²) in [4.78, 5) is 15.6. The molecule has 0 aliphatic carbocycles. The second-order valence-corrected chi connectivity index (χ2v) is 4.13. The van der Waals surface area contributed by atoms with Gasteiger partial charge in [0, 0.05) is 25.5 Å². The first-order valence-corrected chi connectivity index (χ1v) is 6.02. The van der Waals surface area contributed by atoms with Gasteiger partial charge in [0.1, 0.15) is 0 Å². The van der Waals surface area contributed by atoms with E-state index in [9.17, 15) is 4.79 Å². The lowest BCUT2D eigenvalue weighted by atomic mass is 10.0. The fourth-order valence-electron chi connectivity index (χ4n) is 1.64. The first-order chi connectivity index (χ1) is 8.26. The molecule has 94 valence electrons. The number of pyridine rings is 1. The Hall–Kier alpha value is -1.42. The van der Waals surface area contributed by atoms with Crippen LogP contribution < -0.4 is 5.32 Å². The van der Waals surface area contributed by atoms with Crippen molar-refractivity contribution in [1.29, 1.82) is 0 Å². The fraction of sp³-hybridized carbons (Fsp3) is 0.538. The van der Waals surface area contributed by atoms with Crippen molar-refractivity contribution in [3.8, 4) is 0 Å². The van der Waals surface area contributed by atoms with E-state index in [1.54, 1.807) is 12.4 Å². The highest BCUT2D eigenvalue weighted by Gasteiger charge is 2.08. The molecule has 4 nitrogen and oxygen atoms in total. The highest BCUT2D eigenvalue weighted by Crippen LogP contribution is 2.05. The average molecular weight is 236 g/mol. The Balaban J connectivity index is 2.30. The SMILES string of the molecule is CCC(CCO)CNC(=O)Cc1cccnc1. The number of nitrogens with zero attached hydrogens (tertiary/aromatic N) is 1. The largest absolute Gasteiger partial charge is 0.396 e. The zero-order valence-electron chi connectivity index (χ0n) is 10.2. The van der Waals surface area contributed by atoms with Gasteiger partial charge in [-0.3, -0.25) is 9.78 Å². The quantitative estimate of drug-likeness (QED) is 0.746. The van der Waals surface area contributed by atoms with Gasteiger partial charge in [0.15, 0.2) is 0 Å². The molecule has 1 heterocycles. The van der Waals surface area contributed by atoms with Gasteiger partial charge in [0.25, 0.3) is 0 Å². The van der Waals surface area contributed by atoms with Gasteiger partial charge in [-0.1, -0.05) is 19.4 Å². The number of amides is 1. The first-order valence-electron chi connectivity index (χ1n) is 6.02. The molecule has 0 aliphatic heterocycles. The molecule has 4 heteroatoms. The van der Waals surface area contributed by atoms with Crippen molar-refractivity contribution in [1.82, 2.24) is 10.3 Å². The lowest BCUT2D eigenvalue weighted by Crippen LogP contribution is -2.30. The van der Waals surface area contributed by atoms with Crippen molar-refractivity contribution in [3.63, 3.8) is 0 Å². The topological polar surface area (TPSA) is 62.2 Å².